The quantitative estimate of drug-likeness (QED) is 0.196. The number of nitrogens with zero attached hydrogens (tertiary/aromatic N) is 3. The lowest BCUT2D eigenvalue weighted by molar-refractivity contribution is 1.18. The van der Waals surface area contributed by atoms with Gasteiger partial charge in [0.15, 0.2) is 0 Å². The summed E-state index contributed by atoms with van der Waals surface area (Å²) in [6.45, 7) is 0. The number of rotatable bonds is 5. The molecule has 3 heteroatoms. The second kappa shape index (κ2) is 10.8. The minimum absolute atomic E-state index is 0.941. The Morgan fingerprint density at radius 3 is 1.70 bits per heavy atom. The van der Waals surface area contributed by atoms with E-state index >= 15 is 0 Å². The highest BCUT2D eigenvalue weighted by atomic mass is 15.0. The minimum atomic E-state index is 0.941. The lowest BCUT2D eigenvalue weighted by atomic mass is 9.97. The number of hydrogen-bond acceptors (Lipinski definition) is 1. The maximum Gasteiger partial charge on any atom is 0.137 e. The fourth-order valence-electron chi connectivity index (χ4n) is 6.79. The zero-order valence-corrected chi connectivity index (χ0v) is 25.1. The molecule has 9 rings (SSSR count). The van der Waals surface area contributed by atoms with Crippen molar-refractivity contribution in [3.8, 4) is 50.5 Å². The van der Waals surface area contributed by atoms with Crippen LogP contribution in [0, 0.1) is 0 Å². The van der Waals surface area contributed by atoms with Gasteiger partial charge in [0.25, 0.3) is 0 Å². The molecule has 0 N–H and O–H groups in total. The molecule has 0 amide bonds. The molecule has 3 aromatic heterocycles. The topological polar surface area (TPSA) is 22.2 Å². The first-order valence-electron chi connectivity index (χ1n) is 15.6. The monoisotopic (exact) mass is 587 g/mol. The van der Waals surface area contributed by atoms with Crippen molar-refractivity contribution in [3.63, 3.8) is 0 Å². The van der Waals surface area contributed by atoms with Gasteiger partial charge >= 0.3 is 0 Å². The molecule has 0 fully saturated rings. The Morgan fingerprint density at radius 1 is 0.391 bits per heavy atom. The average molecular weight is 588 g/mol. The molecule has 0 aliphatic carbocycles. The highest BCUT2D eigenvalue weighted by molar-refractivity contribution is 6.09. The Morgan fingerprint density at radius 2 is 0.957 bits per heavy atom. The molecular formula is C43H29N3. The number of para-hydroxylation sites is 2. The number of benzene rings is 6. The van der Waals surface area contributed by atoms with E-state index < -0.39 is 0 Å². The van der Waals surface area contributed by atoms with Gasteiger partial charge < -0.3 is 4.57 Å². The van der Waals surface area contributed by atoms with Crippen molar-refractivity contribution in [2.45, 2.75) is 0 Å². The number of aromatic nitrogens is 3. The van der Waals surface area contributed by atoms with Crippen LogP contribution in [0.25, 0.3) is 77.9 Å². The molecule has 0 unspecified atom stereocenters. The zero-order valence-electron chi connectivity index (χ0n) is 25.1. The van der Waals surface area contributed by atoms with E-state index in [-0.39, 0.29) is 0 Å². The molecule has 0 atom stereocenters. The van der Waals surface area contributed by atoms with Crippen LogP contribution in [0.5, 0.6) is 0 Å². The maximum atomic E-state index is 5.01. The Labute approximate surface area is 267 Å². The van der Waals surface area contributed by atoms with Gasteiger partial charge in [-0.25, -0.2) is 4.98 Å². The average Bonchev–Trinajstić information content (AvgIpc) is 3.69. The molecular weight excluding hydrogens is 558 g/mol. The number of hydrogen-bond donors (Lipinski definition) is 0. The molecule has 216 valence electrons. The number of fused-ring (bicyclic) bond motifs is 4. The summed E-state index contributed by atoms with van der Waals surface area (Å²) in [4.78, 5) is 5.01. The number of imidazole rings is 1. The highest BCUT2D eigenvalue weighted by Crippen LogP contribution is 2.36. The van der Waals surface area contributed by atoms with Crippen molar-refractivity contribution in [2.75, 3.05) is 0 Å². The standard InChI is InChI=1S/C43H29N3/c1-2-12-31(13-3-1)42-43(45-27-9-8-22-41(45)44-42)32-25-23-30(24-26-32)33-14-10-15-34(28-33)35-16-11-17-36(29-35)46-39-20-6-4-18-37(39)38-19-5-7-21-40(38)46/h1-29H. The van der Waals surface area contributed by atoms with E-state index in [4.69, 9.17) is 4.98 Å². The number of pyridine rings is 1. The summed E-state index contributed by atoms with van der Waals surface area (Å²) in [5.74, 6) is 0. The molecule has 6 aromatic carbocycles. The third kappa shape index (κ3) is 4.33. The van der Waals surface area contributed by atoms with Gasteiger partial charge in [0, 0.05) is 33.8 Å². The van der Waals surface area contributed by atoms with E-state index in [1.54, 1.807) is 0 Å². The SMILES string of the molecule is c1ccc(-c2nc3ccccn3c2-c2ccc(-c3cccc(-c4cccc(-n5c6ccccc6c6ccccc65)c4)c3)cc2)cc1. The molecule has 0 saturated heterocycles. The van der Waals surface area contributed by atoms with Crippen LogP contribution in [0.3, 0.4) is 0 Å². The van der Waals surface area contributed by atoms with Gasteiger partial charge in [0.2, 0.25) is 0 Å². The lowest BCUT2D eigenvalue weighted by Gasteiger charge is -2.12. The minimum Gasteiger partial charge on any atom is -0.309 e. The highest BCUT2D eigenvalue weighted by Gasteiger charge is 2.16. The molecule has 0 spiro atoms. The van der Waals surface area contributed by atoms with E-state index in [0.29, 0.717) is 0 Å². The van der Waals surface area contributed by atoms with Crippen molar-refractivity contribution in [2.24, 2.45) is 0 Å². The molecule has 0 radical (unpaired) electrons. The Bertz CT molecular complexity index is 2460. The largest absolute Gasteiger partial charge is 0.309 e. The van der Waals surface area contributed by atoms with Crippen LogP contribution in [0.2, 0.25) is 0 Å². The molecule has 0 saturated carbocycles. The second-order valence-electron chi connectivity index (χ2n) is 11.7. The van der Waals surface area contributed by atoms with Gasteiger partial charge in [-0.05, 0) is 64.7 Å². The molecule has 0 bridgehead atoms. The van der Waals surface area contributed by atoms with Crippen molar-refractivity contribution in [3.05, 3.63) is 176 Å². The summed E-state index contributed by atoms with van der Waals surface area (Å²) in [6.07, 6.45) is 2.09. The summed E-state index contributed by atoms with van der Waals surface area (Å²) < 4.78 is 4.56. The van der Waals surface area contributed by atoms with Crippen molar-refractivity contribution in [1.29, 1.82) is 0 Å². The van der Waals surface area contributed by atoms with Crippen LogP contribution < -0.4 is 0 Å². The van der Waals surface area contributed by atoms with Crippen molar-refractivity contribution < 1.29 is 0 Å². The lowest BCUT2D eigenvalue weighted by Crippen LogP contribution is -1.94. The first kappa shape index (κ1) is 26.2. The fourth-order valence-corrected chi connectivity index (χ4v) is 6.79. The van der Waals surface area contributed by atoms with E-state index in [0.717, 1.165) is 33.8 Å². The van der Waals surface area contributed by atoms with Crippen LogP contribution in [-0.2, 0) is 0 Å². The van der Waals surface area contributed by atoms with Gasteiger partial charge in [-0.1, -0.05) is 127 Å². The molecule has 3 nitrogen and oxygen atoms in total. The van der Waals surface area contributed by atoms with E-state index in [1.165, 1.54) is 44.1 Å². The van der Waals surface area contributed by atoms with Gasteiger partial charge in [-0.2, -0.15) is 0 Å². The van der Waals surface area contributed by atoms with Crippen LogP contribution in [-0.4, -0.2) is 14.0 Å². The second-order valence-corrected chi connectivity index (χ2v) is 11.7. The first-order valence-corrected chi connectivity index (χ1v) is 15.6. The van der Waals surface area contributed by atoms with Crippen LogP contribution in [0.1, 0.15) is 0 Å². The molecule has 0 aliphatic rings. The fraction of sp³-hybridized carbons (Fsp3) is 0. The smallest absolute Gasteiger partial charge is 0.137 e. The zero-order chi connectivity index (χ0) is 30.5. The van der Waals surface area contributed by atoms with E-state index in [9.17, 15) is 0 Å². The van der Waals surface area contributed by atoms with Crippen LogP contribution in [0.4, 0.5) is 0 Å². The molecule has 46 heavy (non-hydrogen) atoms. The van der Waals surface area contributed by atoms with Gasteiger partial charge in [0.05, 0.1) is 22.4 Å². The summed E-state index contributed by atoms with van der Waals surface area (Å²) in [5, 5.41) is 2.54. The Balaban J connectivity index is 1.09. The molecule has 3 heterocycles. The van der Waals surface area contributed by atoms with Crippen LogP contribution >= 0.6 is 0 Å². The molecule has 0 aliphatic heterocycles. The Kier molecular flexibility index (Phi) is 6.14. The Hall–Kier alpha value is -6.19. The van der Waals surface area contributed by atoms with E-state index in [1.807, 2.05) is 12.1 Å². The predicted octanol–water partition coefficient (Wildman–Crippen LogP) is 11.1. The summed E-state index contributed by atoms with van der Waals surface area (Å²) in [7, 11) is 0. The van der Waals surface area contributed by atoms with Gasteiger partial charge in [-0.3, -0.25) is 4.40 Å². The van der Waals surface area contributed by atoms with Crippen LogP contribution in [0.15, 0.2) is 176 Å². The van der Waals surface area contributed by atoms with Gasteiger partial charge in [-0.15, -0.1) is 0 Å². The van der Waals surface area contributed by atoms with Gasteiger partial charge in [0.1, 0.15) is 5.65 Å². The third-order valence-electron chi connectivity index (χ3n) is 8.95. The van der Waals surface area contributed by atoms with Crippen molar-refractivity contribution >= 4 is 27.5 Å². The third-order valence-corrected chi connectivity index (χ3v) is 8.95. The summed E-state index contributed by atoms with van der Waals surface area (Å²) in [6, 6.07) is 60.5. The van der Waals surface area contributed by atoms with E-state index in [2.05, 4.69) is 173 Å². The van der Waals surface area contributed by atoms with Crippen molar-refractivity contribution in [1.82, 2.24) is 14.0 Å². The normalized spacial score (nSPS) is 11.5. The summed E-state index contributed by atoms with van der Waals surface area (Å²) >= 11 is 0. The predicted molar refractivity (Wildman–Crippen MR) is 191 cm³/mol. The maximum absolute atomic E-state index is 5.01. The molecule has 9 aromatic rings. The summed E-state index contributed by atoms with van der Waals surface area (Å²) in [5.41, 5.74) is 13.6. The first-order chi connectivity index (χ1) is 22.8.